The van der Waals surface area contributed by atoms with Crippen LogP contribution in [0.3, 0.4) is 0 Å². The summed E-state index contributed by atoms with van der Waals surface area (Å²) in [7, 11) is 1.59. The number of halogens is 2. The van der Waals surface area contributed by atoms with Gasteiger partial charge >= 0.3 is 0 Å². The first-order chi connectivity index (χ1) is 15.4. The number of benzene rings is 2. The Kier molecular flexibility index (Phi) is 4.95. The molecule has 0 unspecified atom stereocenters. The number of hydrogen-bond donors (Lipinski definition) is 1. The molecule has 0 atom stereocenters. The number of ether oxygens (including phenoxy) is 1. The van der Waals surface area contributed by atoms with Crippen LogP contribution in [-0.4, -0.2) is 26.6 Å². The lowest BCUT2D eigenvalue weighted by Gasteiger charge is -2.13. The number of aryl methyl sites for hydroxylation is 2. The molecule has 0 aliphatic rings. The first-order valence-corrected chi connectivity index (χ1v) is 10.6. The Morgan fingerprint density at radius 1 is 1.19 bits per heavy atom. The van der Waals surface area contributed by atoms with Gasteiger partial charge in [0.1, 0.15) is 23.0 Å². The van der Waals surface area contributed by atoms with Gasteiger partial charge in [-0.2, -0.15) is 0 Å². The Hall–Kier alpha value is -3.29. The van der Waals surface area contributed by atoms with Crippen LogP contribution in [0.25, 0.3) is 27.7 Å². The van der Waals surface area contributed by atoms with Gasteiger partial charge in [0.05, 0.1) is 35.5 Å². The van der Waals surface area contributed by atoms with Crippen molar-refractivity contribution in [2.24, 2.45) is 0 Å². The van der Waals surface area contributed by atoms with Gasteiger partial charge in [-0.3, -0.25) is 9.20 Å². The van der Waals surface area contributed by atoms with E-state index in [9.17, 15) is 4.79 Å². The topological polar surface area (TPSA) is 85.4 Å². The number of fused-ring (bicyclic) bond motifs is 3. The van der Waals surface area contributed by atoms with Gasteiger partial charge in [0.2, 0.25) is 0 Å². The second-order valence-electron chi connectivity index (χ2n) is 7.53. The van der Waals surface area contributed by atoms with E-state index in [0.29, 0.717) is 44.5 Å². The van der Waals surface area contributed by atoms with E-state index >= 15 is 0 Å². The molecular weight excluding hydrogens is 451 g/mol. The molecule has 0 bridgehead atoms. The molecule has 0 spiro atoms. The van der Waals surface area contributed by atoms with Crippen LogP contribution in [0.15, 0.2) is 45.8 Å². The number of rotatable bonds is 4. The number of methoxy groups -OCH3 is 1. The average molecular weight is 469 g/mol. The molecule has 7 nitrogen and oxygen atoms in total. The molecule has 0 saturated carbocycles. The van der Waals surface area contributed by atoms with Crippen LogP contribution >= 0.6 is 23.2 Å². The second-order valence-corrected chi connectivity index (χ2v) is 8.37. The molecule has 0 radical (unpaired) electrons. The van der Waals surface area contributed by atoms with Crippen LogP contribution in [0.5, 0.6) is 5.75 Å². The van der Waals surface area contributed by atoms with Crippen LogP contribution < -0.4 is 10.3 Å². The lowest BCUT2D eigenvalue weighted by molar-refractivity contribution is 0.393. The maximum Gasteiger partial charge on any atom is 0.258 e. The fourth-order valence-corrected chi connectivity index (χ4v) is 4.53. The third-order valence-corrected chi connectivity index (χ3v) is 6.13. The smallest absolute Gasteiger partial charge is 0.258 e. The van der Waals surface area contributed by atoms with Crippen LogP contribution in [0.1, 0.15) is 22.8 Å². The van der Waals surface area contributed by atoms with Crippen molar-refractivity contribution in [3.8, 4) is 16.9 Å². The molecule has 32 heavy (non-hydrogen) atoms. The monoisotopic (exact) mass is 468 g/mol. The Morgan fingerprint density at radius 2 is 2.00 bits per heavy atom. The summed E-state index contributed by atoms with van der Waals surface area (Å²) in [6.45, 7) is 3.68. The molecule has 0 aliphatic carbocycles. The lowest BCUT2D eigenvalue weighted by atomic mass is 10.0. The minimum absolute atomic E-state index is 0.223. The Bertz CT molecular complexity index is 1550. The third-order valence-electron chi connectivity index (χ3n) is 5.55. The van der Waals surface area contributed by atoms with Crippen molar-refractivity contribution in [2.75, 3.05) is 7.11 Å². The largest absolute Gasteiger partial charge is 0.496 e. The SMILES string of the molecule is COc1cc2c(cc1-c1c(C)noc1C)c(=O)[nH]c1cnc(Cc3ccc(Cl)cc3Cl)n12. The Labute approximate surface area is 192 Å². The molecular formula is C23H18Cl2N4O3. The summed E-state index contributed by atoms with van der Waals surface area (Å²) >= 11 is 12.4. The summed E-state index contributed by atoms with van der Waals surface area (Å²) in [6, 6.07) is 9.01. The second kappa shape index (κ2) is 7.69. The quantitative estimate of drug-likeness (QED) is 0.383. The highest BCUT2D eigenvalue weighted by atomic mass is 35.5. The molecule has 3 aromatic heterocycles. The molecule has 162 valence electrons. The van der Waals surface area contributed by atoms with Gasteiger partial charge in [-0.05, 0) is 37.6 Å². The number of H-pyrrole nitrogens is 1. The highest BCUT2D eigenvalue weighted by Gasteiger charge is 2.20. The number of nitrogens with zero attached hydrogens (tertiary/aromatic N) is 3. The first kappa shape index (κ1) is 20.6. The van der Waals surface area contributed by atoms with Crippen molar-refractivity contribution in [3.63, 3.8) is 0 Å². The van der Waals surface area contributed by atoms with E-state index in [1.165, 1.54) is 0 Å². The summed E-state index contributed by atoms with van der Waals surface area (Å²) in [4.78, 5) is 20.4. The molecule has 0 saturated heterocycles. The van der Waals surface area contributed by atoms with Crippen molar-refractivity contribution < 1.29 is 9.26 Å². The van der Waals surface area contributed by atoms with Crippen molar-refractivity contribution in [1.82, 2.24) is 19.5 Å². The van der Waals surface area contributed by atoms with Gasteiger partial charge in [-0.1, -0.05) is 34.4 Å². The predicted molar refractivity (Wildman–Crippen MR) is 124 cm³/mol. The van der Waals surface area contributed by atoms with Crippen molar-refractivity contribution in [3.05, 3.63) is 79.8 Å². The third kappa shape index (κ3) is 3.25. The van der Waals surface area contributed by atoms with Crippen molar-refractivity contribution >= 4 is 39.8 Å². The highest BCUT2D eigenvalue weighted by molar-refractivity contribution is 6.35. The Balaban J connectivity index is 1.77. The summed E-state index contributed by atoms with van der Waals surface area (Å²) < 4.78 is 12.9. The van der Waals surface area contributed by atoms with Crippen molar-refractivity contribution in [2.45, 2.75) is 20.3 Å². The molecule has 2 aromatic carbocycles. The van der Waals surface area contributed by atoms with Gasteiger partial charge in [0.15, 0.2) is 0 Å². The maximum atomic E-state index is 12.9. The van der Waals surface area contributed by atoms with Crippen LogP contribution in [0, 0.1) is 13.8 Å². The van der Waals surface area contributed by atoms with Gasteiger partial charge < -0.3 is 14.2 Å². The number of hydrogen-bond acceptors (Lipinski definition) is 5. The zero-order chi connectivity index (χ0) is 22.6. The molecule has 0 amide bonds. The van der Waals surface area contributed by atoms with E-state index in [4.69, 9.17) is 32.5 Å². The van der Waals surface area contributed by atoms with Gasteiger partial charge in [-0.15, -0.1) is 0 Å². The maximum absolute atomic E-state index is 12.9. The standard InChI is InChI=1S/C23H18Cl2N4O3/c1-11-22(12(2)32-28-11)16-8-15-18(9-19(16)31-3)29-20(26-10-21(29)27-23(15)30)6-13-4-5-14(24)7-17(13)25/h4-5,7-10H,6H2,1-3H3,(H,27,30). The van der Waals surface area contributed by atoms with E-state index in [0.717, 1.165) is 28.2 Å². The zero-order valence-corrected chi connectivity index (χ0v) is 19.0. The van der Waals surface area contributed by atoms with Crippen molar-refractivity contribution in [1.29, 1.82) is 0 Å². The minimum atomic E-state index is -0.223. The summed E-state index contributed by atoms with van der Waals surface area (Å²) in [5, 5.41) is 5.65. The van der Waals surface area contributed by atoms with E-state index < -0.39 is 0 Å². The van der Waals surface area contributed by atoms with Crippen LogP contribution in [0.2, 0.25) is 10.0 Å². The summed E-state index contributed by atoms with van der Waals surface area (Å²) in [5.41, 5.74) is 4.17. The summed E-state index contributed by atoms with van der Waals surface area (Å²) in [6.07, 6.45) is 2.09. The number of aromatic nitrogens is 4. The fraction of sp³-hybridized carbons (Fsp3) is 0.174. The highest BCUT2D eigenvalue weighted by Crippen LogP contribution is 2.37. The molecule has 0 aliphatic heterocycles. The van der Waals surface area contributed by atoms with E-state index in [1.54, 1.807) is 31.5 Å². The molecule has 5 aromatic rings. The first-order valence-electron chi connectivity index (χ1n) is 9.85. The zero-order valence-electron chi connectivity index (χ0n) is 17.5. The van der Waals surface area contributed by atoms with Gasteiger partial charge in [-0.25, -0.2) is 4.98 Å². The lowest BCUT2D eigenvalue weighted by Crippen LogP contribution is -2.11. The fourth-order valence-electron chi connectivity index (χ4n) is 4.06. The molecule has 0 fully saturated rings. The van der Waals surface area contributed by atoms with E-state index in [2.05, 4.69) is 15.1 Å². The number of nitrogens with one attached hydrogen (secondary N) is 1. The van der Waals surface area contributed by atoms with Gasteiger partial charge in [0.25, 0.3) is 5.56 Å². The molecule has 3 heterocycles. The van der Waals surface area contributed by atoms with Crippen LogP contribution in [-0.2, 0) is 6.42 Å². The summed E-state index contributed by atoms with van der Waals surface area (Å²) in [5.74, 6) is 1.97. The predicted octanol–water partition coefficient (Wildman–Crippen LogP) is 5.35. The Morgan fingerprint density at radius 3 is 2.69 bits per heavy atom. The van der Waals surface area contributed by atoms with E-state index in [-0.39, 0.29) is 5.56 Å². The van der Waals surface area contributed by atoms with Crippen LogP contribution in [0.4, 0.5) is 0 Å². The normalized spacial score (nSPS) is 11.5. The molecule has 9 heteroatoms. The van der Waals surface area contributed by atoms with E-state index in [1.807, 2.05) is 30.4 Å². The number of imidazole rings is 1. The minimum Gasteiger partial charge on any atom is -0.496 e. The van der Waals surface area contributed by atoms with Gasteiger partial charge in [0, 0.05) is 28.1 Å². The number of aromatic amines is 1. The molecule has 1 N–H and O–H groups in total. The molecule has 5 rings (SSSR count). The average Bonchev–Trinajstić information content (AvgIpc) is 3.31.